The van der Waals surface area contributed by atoms with E-state index in [-0.39, 0.29) is 10.6 Å². The molecule has 4 nitrogen and oxygen atoms in total. The number of carbonyl (C=O) groups is 1. The molecular formula is C10H16N2O2+. The van der Waals surface area contributed by atoms with E-state index in [1.54, 1.807) is 27.2 Å². The molecule has 0 saturated carbocycles. The van der Waals surface area contributed by atoms with Crippen LogP contribution in [0.15, 0.2) is 6.20 Å². The van der Waals surface area contributed by atoms with E-state index in [1.807, 2.05) is 6.92 Å². The van der Waals surface area contributed by atoms with Crippen molar-refractivity contribution in [3.63, 3.8) is 0 Å². The fourth-order valence-electron chi connectivity index (χ4n) is 1.35. The fraction of sp³-hybridized carbons (Fsp3) is 0.500. The highest BCUT2D eigenvalue weighted by molar-refractivity contribution is 5.82. The van der Waals surface area contributed by atoms with E-state index >= 15 is 0 Å². The zero-order valence-corrected chi connectivity index (χ0v) is 9.05. The number of aromatic amines is 1. The molecule has 1 N–H and O–H groups in total. The van der Waals surface area contributed by atoms with Crippen LogP contribution in [0.4, 0.5) is 10.5 Å². The molecule has 0 aromatic carbocycles. The molecule has 1 rings (SSSR count). The Kier molecular flexibility index (Phi) is 2.96. The molecule has 1 amide bonds. The third kappa shape index (κ3) is 1.80. The van der Waals surface area contributed by atoms with Gasteiger partial charge >= 0.3 is 6.09 Å². The van der Waals surface area contributed by atoms with Crippen molar-refractivity contribution in [2.45, 2.75) is 13.8 Å². The van der Waals surface area contributed by atoms with Gasteiger partial charge in [-0.25, -0.2) is 0 Å². The number of nitrogens with zero attached hydrogens (tertiary/aromatic N) is 1. The highest BCUT2D eigenvalue weighted by Gasteiger charge is 2.33. The number of quaternary nitrogens is 1. The predicted molar refractivity (Wildman–Crippen MR) is 55.0 cm³/mol. The largest absolute Gasteiger partial charge is 0.520 e. The maximum absolute atomic E-state index is 11.6. The summed E-state index contributed by atoms with van der Waals surface area (Å²) in [4.78, 5) is 14.5. The summed E-state index contributed by atoms with van der Waals surface area (Å²) in [6, 6.07) is 0. The van der Waals surface area contributed by atoms with Crippen molar-refractivity contribution < 1.29 is 9.53 Å². The third-order valence-corrected chi connectivity index (χ3v) is 2.18. The van der Waals surface area contributed by atoms with Gasteiger partial charge in [-0.15, -0.1) is 0 Å². The van der Waals surface area contributed by atoms with Gasteiger partial charge in [0.2, 0.25) is 0 Å². The normalized spacial score (nSPS) is 11.4. The smallest absolute Gasteiger partial charge is 0.420 e. The number of H-pyrrole nitrogens is 1. The molecule has 1 radical (unpaired) electrons. The number of ether oxygens (including phenoxy) is 1. The number of hydrogen-bond acceptors (Lipinski definition) is 2. The molecule has 1 heterocycles. The highest BCUT2D eigenvalue weighted by atomic mass is 16.6. The molecule has 0 aliphatic rings. The Balaban J connectivity index is 2.95. The van der Waals surface area contributed by atoms with Crippen LogP contribution in [-0.2, 0) is 4.74 Å². The maximum atomic E-state index is 11.6. The van der Waals surface area contributed by atoms with Crippen LogP contribution in [0.1, 0.15) is 12.5 Å². The molecular weight excluding hydrogens is 180 g/mol. The lowest BCUT2D eigenvalue weighted by Gasteiger charge is -2.23. The van der Waals surface area contributed by atoms with Gasteiger partial charge in [0.05, 0.1) is 33.1 Å². The predicted octanol–water partition coefficient (Wildman–Crippen LogP) is 1.85. The average Bonchev–Trinajstić information content (AvgIpc) is 2.52. The Morgan fingerprint density at radius 2 is 2.29 bits per heavy atom. The van der Waals surface area contributed by atoms with Crippen molar-refractivity contribution in [1.29, 1.82) is 0 Å². The average molecular weight is 196 g/mol. The summed E-state index contributed by atoms with van der Waals surface area (Å²) in [5, 5.41) is 0. The second kappa shape index (κ2) is 3.84. The van der Waals surface area contributed by atoms with Crippen LogP contribution in [0.2, 0.25) is 0 Å². The second-order valence-corrected chi connectivity index (χ2v) is 3.58. The van der Waals surface area contributed by atoms with E-state index in [2.05, 4.69) is 11.2 Å². The van der Waals surface area contributed by atoms with Gasteiger partial charge < -0.3 is 9.72 Å². The van der Waals surface area contributed by atoms with Gasteiger partial charge in [0.25, 0.3) is 0 Å². The van der Waals surface area contributed by atoms with Gasteiger partial charge in [0.15, 0.2) is 5.69 Å². The highest BCUT2D eigenvalue weighted by Crippen LogP contribution is 2.23. The third-order valence-electron chi connectivity index (χ3n) is 2.18. The summed E-state index contributed by atoms with van der Waals surface area (Å²) in [5.74, 6) is 0. The van der Waals surface area contributed by atoms with Gasteiger partial charge in [-0.05, 0) is 13.8 Å². The summed E-state index contributed by atoms with van der Waals surface area (Å²) >= 11 is 0. The van der Waals surface area contributed by atoms with Crippen LogP contribution in [0, 0.1) is 13.1 Å². The van der Waals surface area contributed by atoms with Crippen LogP contribution < -0.4 is 4.48 Å². The maximum Gasteiger partial charge on any atom is 0.520 e. The van der Waals surface area contributed by atoms with Crippen LogP contribution in [0.5, 0.6) is 0 Å². The lowest BCUT2D eigenvalue weighted by molar-refractivity contribution is 0.124. The zero-order valence-electron chi connectivity index (χ0n) is 9.05. The molecule has 4 heteroatoms. The number of nitrogens with one attached hydrogen (secondary N) is 1. The fourth-order valence-corrected chi connectivity index (χ4v) is 1.35. The Morgan fingerprint density at radius 1 is 1.64 bits per heavy atom. The minimum absolute atomic E-state index is 0.0830. The molecule has 0 spiro atoms. The van der Waals surface area contributed by atoms with E-state index in [0.29, 0.717) is 6.61 Å². The number of hydrogen-bond donors (Lipinski definition) is 1. The molecule has 0 saturated heterocycles. The van der Waals surface area contributed by atoms with Gasteiger partial charge in [-0.3, -0.25) is 0 Å². The first-order chi connectivity index (χ1) is 6.50. The van der Waals surface area contributed by atoms with Crippen molar-refractivity contribution >= 4 is 11.8 Å². The van der Waals surface area contributed by atoms with E-state index in [9.17, 15) is 4.79 Å². The van der Waals surface area contributed by atoms with Gasteiger partial charge in [0, 0.05) is 5.56 Å². The Morgan fingerprint density at radius 3 is 2.71 bits per heavy atom. The molecule has 0 aliphatic carbocycles. The van der Waals surface area contributed by atoms with E-state index < -0.39 is 0 Å². The molecule has 14 heavy (non-hydrogen) atoms. The molecule has 1 aromatic heterocycles. The molecule has 0 aliphatic heterocycles. The molecule has 0 fully saturated rings. The second-order valence-electron chi connectivity index (χ2n) is 3.58. The Hall–Kier alpha value is -1.29. The number of aromatic nitrogens is 1. The summed E-state index contributed by atoms with van der Waals surface area (Å²) in [6.45, 7) is 4.10. The summed E-state index contributed by atoms with van der Waals surface area (Å²) in [5.41, 5.74) is 1.81. The zero-order chi connectivity index (χ0) is 10.8. The van der Waals surface area contributed by atoms with Gasteiger partial charge in [-0.2, -0.15) is 9.28 Å². The first-order valence-corrected chi connectivity index (χ1v) is 4.57. The van der Waals surface area contributed by atoms with E-state index in [0.717, 1.165) is 11.3 Å². The molecule has 77 valence electrons. The minimum atomic E-state index is -0.261. The monoisotopic (exact) mass is 196 g/mol. The van der Waals surface area contributed by atoms with Crippen molar-refractivity contribution in [2.24, 2.45) is 0 Å². The van der Waals surface area contributed by atoms with E-state index in [4.69, 9.17) is 4.74 Å². The standard InChI is InChI=1S/C10H16N2O2/c1-5-14-10(13)12(3,4)9-7-11-6-8(9)2/h7,11H,5H2,1-4H3/q+1. The molecule has 0 bridgehead atoms. The summed E-state index contributed by atoms with van der Waals surface area (Å²) in [7, 11) is 3.59. The Labute approximate surface area is 84.1 Å². The SMILES string of the molecule is CCOC(=O)[N+](C)(C)c1c[nH][c]c1C. The van der Waals surface area contributed by atoms with Crippen LogP contribution in [0.25, 0.3) is 0 Å². The number of amides is 1. The van der Waals surface area contributed by atoms with Crippen LogP contribution in [0.3, 0.4) is 0 Å². The first-order valence-electron chi connectivity index (χ1n) is 4.57. The van der Waals surface area contributed by atoms with Gasteiger partial charge in [0.1, 0.15) is 0 Å². The van der Waals surface area contributed by atoms with E-state index in [1.165, 1.54) is 0 Å². The van der Waals surface area contributed by atoms with Crippen molar-refractivity contribution in [1.82, 2.24) is 9.47 Å². The number of carbonyl (C=O) groups excluding carboxylic acids is 1. The van der Waals surface area contributed by atoms with Crippen molar-refractivity contribution in [3.8, 4) is 0 Å². The number of aryl methyl sites for hydroxylation is 1. The lowest BCUT2D eigenvalue weighted by atomic mass is 10.3. The first kappa shape index (κ1) is 10.8. The van der Waals surface area contributed by atoms with Gasteiger partial charge in [-0.1, -0.05) is 0 Å². The van der Waals surface area contributed by atoms with Crippen LogP contribution in [-0.4, -0.2) is 31.8 Å². The molecule has 1 aromatic rings. The minimum Gasteiger partial charge on any atom is -0.420 e. The molecule has 0 unspecified atom stereocenters. The van der Waals surface area contributed by atoms with Crippen LogP contribution >= 0.6 is 0 Å². The lowest BCUT2D eigenvalue weighted by Crippen LogP contribution is -2.47. The molecule has 0 atom stereocenters. The van der Waals surface area contributed by atoms with Crippen molar-refractivity contribution in [2.75, 3.05) is 20.7 Å². The summed E-state index contributed by atoms with van der Waals surface area (Å²) in [6.07, 6.45) is 4.43. The summed E-state index contributed by atoms with van der Waals surface area (Å²) < 4.78 is 5.07. The quantitative estimate of drug-likeness (QED) is 0.733. The number of rotatable bonds is 2. The topological polar surface area (TPSA) is 42.1 Å². The van der Waals surface area contributed by atoms with Crippen molar-refractivity contribution in [3.05, 3.63) is 18.0 Å². The Bertz CT molecular complexity index is 329.